The average Bonchev–Trinajstić information content (AvgIpc) is 2.73. The zero-order chi connectivity index (χ0) is 20.1. The molecular weight excluding hydrogens is 361 g/mol. The Hall–Kier alpha value is -2.93. The summed E-state index contributed by atoms with van der Waals surface area (Å²) in [7, 11) is 1.61. The minimum Gasteiger partial charge on any atom is -0.378 e. The Labute approximate surface area is 163 Å². The van der Waals surface area contributed by atoms with Crippen LogP contribution in [0.15, 0.2) is 48.5 Å². The molecule has 0 bridgehead atoms. The van der Waals surface area contributed by atoms with Gasteiger partial charge in [-0.15, -0.1) is 0 Å². The third kappa shape index (κ3) is 4.48. The van der Waals surface area contributed by atoms with Crippen molar-refractivity contribution in [2.24, 2.45) is 0 Å². The van der Waals surface area contributed by atoms with E-state index in [2.05, 4.69) is 5.32 Å². The number of urea groups is 1. The van der Waals surface area contributed by atoms with Gasteiger partial charge in [0.05, 0.1) is 19.3 Å². The number of ether oxygens (including phenoxy) is 1. The summed E-state index contributed by atoms with van der Waals surface area (Å²) in [5, 5.41) is 2.78. The molecule has 1 saturated heterocycles. The summed E-state index contributed by atoms with van der Waals surface area (Å²) in [4.78, 5) is 28.2. The highest BCUT2D eigenvalue weighted by Crippen LogP contribution is 2.22. The molecule has 3 amide bonds. The van der Waals surface area contributed by atoms with Gasteiger partial charge in [0.25, 0.3) is 5.91 Å². The Morgan fingerprint density at radius 3 is 2.39 bits per heavy atom. The van der Waals surface area contributed by atoms with Gasteiger partial charge in [-0.1, -0.05) is 18.2 Å². The summed E-state index contributed by atoms with van der Waals surface area (Å²) in [5.41, 5.74) is 1.58. The SMILES string of the molecule is CC(c1ccccc1F)N(C)C(=O)Nc1ccc(C(=O)N2CCOCC2)cc1. The number of benzene rings is 2. The number of carbonyl (C=O) groups is 2. The van der Waals surface area contributed by atoms with E-state index in [1.54, 1.807) is 61.3 Å². The number of halogens is 1. The first-order chi connectivity index (χ1) is 13.5. The normalized spacial score (nSPS) is 15.0. The van der Waals surface area contributed by atoms with E-state index in [1.165, 1.54) is 11.0 Å². The second-order valence-corrected chi connectivity index (χ2v) is 6.72. The van der Waals surface area contributed by atoms with Crippen LogP contribution in [-0.2, 0) is 4.74 Å². The molecule has 2 aromatic carbocycles. The molecule has 1 fully saturated rings. The molecule has 0 saturated carbocycles. The fourth-order valence-electron chi connectivity index (χ4n) is 3.06. The lowest BCUT2D eigenvalue weighted by molar-refractivity contribution is 0.0303. The third-order valence-corrected chi connectivity index (χ3v) is 4.94. The molecule has 1 aliphatic heterocycles. The van der Waals surface area contributed by atoms with E-state index in [9.17, 15) is 14.0 Å². The molecule has 0 aliphatic carbocycles. The molecule has 1 atom stereocenters. The molecule has 0 spiro atoms. The highest BCUT2D eigenvalue weighted by Gasteiger charge is 2.21. The van der Waals surface area contributed by atoms with E-state index in [-0.39, 0.29) is 17.8 Å². The Morgan fingerprint density at radius 2 is 1.75 bits per heavy atom. The third-order valence-electron chi connectivity index (χ3n) is 4.94. The second-order valence-electron chi connectivity index (χ2n) is 6.72. The number of anilines is 1. The van der Waals surface area contributed by atoms with Crippen LogP contribution in [0.1, 0.15) is 28.9 Å². The number of rotatable bonds is 4. The number of morpholine rings is 1. The van der Waals surface area contributed by atoms with Crippen LogP contribution in [0.2, 0.25) is 0 Å². The van der Waals surface area contributed by atoms with Crippen LogP contribution in [0.25, 0.3) is 0 Å². The molecule has 1 N–H and O–H groups in total. The van der Waals surface area contributed by atoms with Crippen molar-refractivity contribution < 1.29 is 18.7 Å². The average molecular weight is 385 g/mol. The van der Waals surface area contributed by atoms with E-state index in [0.29, 0.717) is 43.1 Å². The van der Waals surface area contributed by atoms with Gasteiger partial charge < -0.3 is 19.9 Å². The maximum atomic E-state index is 14.0. The van der Waals surface area contributed by atoms with Crippen LogP contribution in [0.3, 0.4) is 0 Å². The van der Waals surface area contributed by atoms with Gasteiger partial charge in [0.15, 0.2) is 0 Å². The van der Waals surface area contributed by atoms with E-state index < -0.39 is 6.04 Å². The zero-order valence-electron chi connectivity index (χ0n) is 16.0. The van der Waals surface area contributed by atoms with Crippen molar-refractivity contribution in [3.63, 3.8) is 0 Å². The fraction of sp³-hybridized carbons (Fsp3) is 0.333. The molecule has 7 heteroatoms. The summed E-state index contributed by atoms with van der Waals surface area (Å²) < 4.78 is 19.2. The van der Waals surface area contributed by atoms with Crippen molar-refractivity contribution in [1.82, 2.24) is 9.80 Å². The largest absolute Gasteiger partial charge is 0.378 e. The molecule has 0 radical (unpaired) electrons. The van der Waals surface area contributed by atoms with Gasteiger partial charge in [-0.2, -0.15) is 0 Å². The van der Waals surface area contributed by atoms with Gasteiger partial charge in [0.1, 0.15) is 5.82 Å². The lowest BCUT2D eigenvalue weighted by Gasteiger charge is -2.27. The monoisotopic (exact) mass is 385 g/mol. The van der Waals surface area contributed by atoms with Gasteiger partial charge in [-0.25, -0.2) is 9.18 Å². The molecule has 1 heterocycles. The van der Waals surface area contributed by atoms with Gasteiger partial charge in [0.2, 0.25) is 0 Å². The molecule has 1 aliphatic rings. The van der Waals surface area contributed by atoms with Crippen LogP contribution in [0, 0.1) is 5.82 Å². The molecule has 148 valence electrons. The van der Waals surface area contributed by atoms with Crippen molar-refractivity contribution in [3.05, 3.63) is 65.5 Å². The van der Waals surface area contributed by atoms with Crippen LogP contribution in [0.5, 0.6) is 0 Å². The van der Waals surface area contributed by atoms with Gasteiger partial charge in [-0.3, -0.25) is 4.79 Å². The lowest BCUT2D eigenvalue weighted by atomic mass is 10.1. The summed E-state index contributed by atoms with van der Waals surface area (Å²) in [6, 6.07) is 12.4. The predicted molar refractivity (Wildman–Crippen MR) is 105 cm³/mol. The first-order valence-corrected chi connectivity index (χ1v) is 9.22. The molecule has 3 rings (SSSR count). The van der Waals surface area contributed by atoms with Crippen molar-refractivity contribution in [1.29, 1.82) is 0 Å². The maximum Gasteiger partial charge on any atom is 0.322 e. The molecule has 6 nitrogen and oxygen atoms in total. The second kappa shape index (κ2) is 8.84. The van der Waals surface area contributed by atoms with E-state index >= 15 is 0 Å². The Morgan fingerprint density at radius 1 is 1.11 bits per heavy atom. The lowest BCUT2D eigenvalue weighted by Crippen LogP contribution is -2.40. The first kappa shape index (κ1) is 19.8. The molecule has 2 aromatic rings. The van der Waals surface area contributed by atoms with Gasteiger partial charge >= 0.3 is 6.03 Å². The summed E-state index contributed by atoms with van der Waals surface area (Å²) in [6.07, 6.45) is 0. The van der Waals surface area contributed by atoms with Crippen LogP contribution >= 0.6 is 0 Å². The predicted octanol–water partition coefficient (Wildman–Crippen LogP) is 3.52. The summed E-state index contributed by atoms with van der Waals surface area (Å²) in [6.45, 7) is 4.02. The smallest absolute Gasteiger partial charge is 0.322 e. The topological polar surface area (TPSA) is 61.9 Å². The maximum absolute atomic E-state index is 14.0. The molecule has 28 heavy (non-hydrogen) atoms. The summed E-state index contributed by atoms with van der Waals surface area (Å²) in [5.74, 6) is -0.396. The Kier molecular flexibility index (Phi) is 6.26. The van der Waals surface area contributed by atoms with Crippen LogP contribution in [-0.4, -0.2) is 55.1 Å². The minimum absolute atomic E-state index is 0.0496. The zero-order valence-corrected chi connectivity index (χ0v) is 16.0. The van der Waals surface area contributed by atoms with Gasteiger partial charge in [-0.05, 0) is 37.3 Å². The Bertz CT molecular complexity index is 835. The standard InChI is InChI=1S/C21H24FN3O3/c1-15(18-5-3-4-6-19(18)22)24(2)21(27)23-17-9-7-16(8-10-17)20(26)25-11-13-28-14-12-25/h3-10,15H,11-14H2,1-2H3,(H,23,27). The number of hydrogen-bond acceptors (Lipinski definition) is 3. The van der Waals surface area contributed by atoms with Crippen molar-refractivity contribution in [3.8, 4) is 0 Å². The highest BCUT2D eigenvalue weighted by atomic mass is 19.1. The number of nitrogens with one attached hydrogen (secondary N) is 1. The van der Waals surface area contributed by atoms with E-state index in [0.717, 1.165) is 0 Å². The number of nitrogens with zero attached hydrogens (tertiary/aromatic N) is 2. The van der Waals surface area contributed by atoms with Gasteiger partial charge in [0, 0.05) is 37.0 Å². The minimum atomic E-state index is -0.427. The Balaban J connectivity index is 1.62. The number of amides is 3. The highest BCUT2D eigenvalue weighted by molar-refractivity contribution is 5.95. The summed E-state index contributed by atoms with van der Waals surface area (Å²) >= 11 is 0. The molecular formula is C21H24FN3O3. The first-order valence-electron chi connectivity index (χ1n) is 9.22. The molecule has 1 unspecified atom stereocenters. The quantitative estimate of drug-likeness (QED) is 0.876. The number of carbonyl (C=O) groups excluding carboxylic acids is 2. The molecule has 0 aromatic heterocycles. The van der Waals surface area contributed by atoms with E-state index in [4.69, 9.17) is 4.74 Å². The fourth-order valence-corrected chi connectivity index (χ4v) is 3.06. The van der Waals surface area contributed by atoms with Crippen molar-refractivity contribution in [2.45, 2.75) is 13.0 Å². The van der Waals surface area contributed by atoms with Crippen LogP contribution in [0.4, 0.5) is 14.9 Å². The number of hydrogen-bond donors (Lipinski definition) is 1. The van der Waals surface area contributed by atoms with Crippen molar-refractivity contribution >= 4 is 17.6 Å². The van der Waals surface area contributed by atoms with E-state index in [1.807, 2.05) is 0 Å². The van der Waals surface area contributed by atoms with Crippen LogP contribution < -0.4 is 5.32 Å². The van der Waals surface area contributed by atoms with Crippen molar-refractivity contribution in [2.75, 3.05) is 38.7 Å².